The predicted octanol–water partition coefficient (Wildman–Crippen LogP) is 3.33. The second-order valence-corrected chi connectivity index (χ2v) is 10.8. The van der Waals surface area contributed by atoms with Gasteiger partial charge in [0.2, 0.25) is 10.0 Å². The first-order valence-electron chi connectivity index (χ1n) is 10.8. The maximum atomic E-state index is 13.0. The molecule has 3 heterocycles. The first-order valence-corrected chi connectivity index (χ1v) is 13.1. The zero-order valence-corrected chi connectivity index (χ0v) is 19.4. The zero-order chi connectivity index (χ0) is 21.8. The second-order valence-electron chi connectivity index (χ2n) is 8.01. The Bertz CT molecular complexity index is 990. The highest BCUT2D eigenvalue weighted by Crippen LogP contribution is 2.28. The minimum Gasteiger partial charge on any atom is -0.497 e. The van der Waals surface area contributed by atoms with Crippen molar-refractivity contribution < 1.29 is 17.9 Å². The maximum Gasteiger partial charge on any atom is 0.262 e. The van der Waals surface area contributed by atoms with Gasteiger partial charge < -0.3 is 15.0 Å². The molecule has 0 unspecified atom stereocenters. The summed E-state index contributed by atoms with van der Waals surface area (Å²) in [7, 11) is -1.97. The standard InChI is InChI=1S/C22H29N3O4S2/c1-29-19-7-5-18(6-8-19)24-14-9-17(10-15-24)23-22(26)21-20(11-16-30-21)31(27,28)25-12-3-2-4-13-25/h5-8,11,16-17H,2-4,9-10,12-15H2,1H3,(H,23,26). The van der Waals surface area contributed by atoms with Crippen molar-refractivity contribution in [3.8, 4) is 5.75 Å². The fourth-order valence-electron chi connectivity index (χ4n) is 4.24. The molecular weight excluding hydrogens is 434 g/mol. The fourth-order valence-corrected chi connectivity index (χ4v) is 7.06. The van der Waals surface area contributed by atoms with Crippen LogP contribution in [0, 0.1) is 0 Å². The Kier molecular flexibility index (Phi) is 6.83. The SMILES string of the molecule is COc1ccc(N2CCC(NC(=O)c3sccc3S(=O)(=O)N3CCCCC3)CC2)cc1. The monoisotopic (exact) mass is 463 g/mol. The number of benzene rings is 1. The van der Waals surface area contributed by atoms with Gasteiger partial charge in [0.05, 0.1) is 7.11 Å². The highest BCUT2D eigenvalue weighted by molar-refractivity contribution is 7.89. The molecule has 2 aliphatic heterocycles. The largest absolute Gasteiger partial charge is 0.497 e. The van der Waals surface area contributed by atoms with Gasteiger partial charge in [0, 0.05) is 37.9 Å². The Morgan fingerprint density at radius 2 is 1.71 bits per heavy atom. The summed E-state index contributed by atoms with van der Waals surface area (Å²) in [4.78, 5) is 15.7. The number of thiophene rings is 1. The molecule has 0 spiro atoms. The molecule has 168 valence electrons. The van der Waals surface area contributed by atoms with Gasteiger partial charge in [-0.25, -0.2) is 8.42 Å². The van der Waals surface area contributed by atoms with Crippen LogP contribution in [0.5, 0.6) is 5.75 Å². The molecule has 31 heavy (non-hydrogen) atoms. The van der Waals surface area contributed by atoms with Crippen LogP contribution >= 0.6 is 11.3 Å². The number of rotatable bonds is 6. The van der Waals surface area contributed by atoms with E-state index < -0.39 is 10.0 Å². The van der Waals surface area contributed by atoms with E-state index in [2.05, 4.69) is 10.2 Å². The average molecular weight is 464 g/mol. The van der Waals surface area contributed by atoms with Gasteiger partial charge in [-0.2, -0.15) is 4.31 Å². The number of carbonyl (C=O) groups is 1. The molecule has 0 radical (unpaired) electrons. The third-order valence-electron chi connectivity index (χ3n) is 6.04. The number of nitrogens with one attached hydrogen (secondary N) is 1. The number of carbonyl (C=O) groups excluding carboxylic acids is 1. The fraction of sp³-hybridized carbons (Fsp3) is 0.500. The molecule has 2 aliphatic rings. The van der Waals surface area contributed by atoms with E-state index in [1.165, 1.54) is 15.6 Å². The van der Waals surface area contributed by atoms with E-state index in [9.17, 15) is 13.2 Å². The number of anilines is 1. The molecule has 1 N–H and O–H groups in total. The van der Waals surface area contributed by atoms with Gasteiger partial charge in [-0.05, 0) is 61.4 Å². The Hall–Kier alpha value is -2.10. The van der Waals surface area contributed by atoms with Crippen molar-refractivity contribution in [2.24, 2.45) is 0 Å². The molecule has 1 aromatic carbocycles. The minimum absolute atomic E-state index is 0.0367. The maximum absolute atomic E-state index is 13.0. The van der Waals surface area contributed by atoms with Crippen LogP contribution in [0.1, 0.15) is 41.8 Å². The molecule has 0 atom stereocenters. The summed E-state index contributed by atoms with van der Waals surface area (Å²) in [5.41, 5.74) is 1.14. The quantitative estimate of drug-likeness (QED) is 0.711. The summed E-state index contributed by atoms with van der Waals surface area (Å²) in [5, 5.41) is 4.76. The number of sulfonamides is 1. The van der Waals surface area contributed by atoms with Crippen LogP contribution in [0.25, 0.3) is 0 Å². The second kappa shape index (κ2) is 9.58. The number of ether oxygens (including phenoxy) is 1. The predicted molar refractivity (Wildman–Crippen MR) is 123 cm³/mol. The lowest BCUT2D eigenvalue weighted by molar-refractivity contribution is 0.0932. The molecule has 4 rings (SSSR count). The summed E-state index contributed by atoms with van der Waals surface area (Å²) in [6.45, 7) is 2.73. The van der Waals surface area contributed by atoms with Crippen LogP contribution in [0.15, 0.2) is 40.6 Å². The summed E-state index contributed by atoms with van der Waals surface area (Å²) < 4.78 is 32.8. The summed E-state index contributed by atoms with van der Waals surface area (Å²) in [6.07, 6.45) is 4.43. The summed E-state index contributed by atoms with van der Waals surface area (Å²) in [6, 6.07) is 9.58. The van der Waals surface area contributed by atoms with Gasteiger partial charge in [0.25, 0.3) is 5.91 Å². The number of piperidine rings is 2. The van der Waals surface area contributed by atoms with Crippen LogP contribution in [-0.2, 0) is 10.0 Å². The van der Waals surface area contributed by atoms with E-state index in [-0.39, 0.29) is 16.8 Å². The van der Waals surface area contributed by atoms with Gasteiger partial charge >= 0.3 is 0 Å². The number of nitrogens with zero attached hydrogens (tertiary/aromatic N) is 2. The van der Waals surface area contributed by atoms with Crippen molar-refractivity contribution in [3.05, 3.63) is 40.6 Å². The van der Waals surface area contributed by atoms with Gasteiger partial charge in [-0.1, -0.05) is 6.42 Å². The molecular formula is C22H29N3O4S2. The van der Waals surface area contributed by atoms with Crippen molar-refractivity contribution in [2.75, 3.05) is 38.2 Å². The Balaban J connectivity index is 1.37. The summed E-state index contributed by atoms with van der Waals surface area (Å²) in [5.74, 6) is 0.547. The number of hydrogen-bond acceptors (Lipinski definition) is 6. The smallest absolute Gasteiger partial charge is 0.262 e. The van der Waals surface area contributed by atoms with E-state index in [0.29, 0.717) is 18.0 Å². The molecule has 1 aromatic heterocycles. The van der Waals surface area contributed by atoms with Crippen molar-refractivity contribution in [3.63, 3.8) is 0 Å². The van der Waals surface area contributed by atoms with Crippen LogP contribution in [0.2, 0.25) is 0 Å². The minimum atomic E-state index is -3.62. The highest BCUT2D eigenvalue weighted by atomic mass is 32.2. The Morgan fingerprint density at radius 1 is 1.03 bits per heavy atom. The number of methoxy groups -OCH3 is 1. The molecule has 7 nitrogen and oxygen atoms in total. The van der Waals surface area contributed by atoms with Crippen molar-refractivity contribution >= 4 is 33.0 Å². The molecule has 0 aliphatic carbocycles. The third kappa shape index (κ3) is 4.88. The topological polar surface area (TPSA) is 79.0 Å². The van der Waals surface area contributed by atoms with Gasteiger partial charge in [-0.15, -0.1) is 11.3 Å². The lowest BCUT2D eigenvalue weighted by atomic mass is 10.0. The average Bonchev–Trinajstić information content (AvgIpc) is 3.31. The van der Waals surface area contributed by atoms with E-state index in [1.54, 1.807) is 18.6 Å². The van der Waals surface area contributed by atoms with Crippen LogP contribution in [0.3, 0.4) is 0 Å². The molecule has 2 aromatic rings. The van der Waals surface area contributed by atoms with E-state index in [4.69, 9.17) is 4.74 Å². The first-order chi connectivity index (χ1) is 15.0. The van der Waals surface area contributed by atoms with Crippen molar-refractivity contribution in [1.29, 1.82) is 0 Å². The normalized spacial score (nSPS) is 18.7. The Labute approximate surface area is 188 Å². The van der Waals surface area contributed by atoms with E-state index >= 15 is 0 Å². The van der Waals surface area contributed by atoms with Crippen LogP contribution < -0.4 is 15.0 Å². The zero-order valence-electron chi connectivity index (χ0n) is 17.7. The van der Waals surface area contributed by atoms with Crippen LogP contribution in [-0.4, -0.2) is 58.0 Å². The molecule has 2 saturated heterocycles. The molecule has 9 heteroatoms. The molecule has 0 saturated carbocycles. The lowest BCUT2D eigenvalue weighted by Gasteiger charge is -2.34. The van der Waals surface area contributed by atoms with Crippen LogP contribution in [0.4, 0.5) is 5.69 Å². The summed E-state index contributed by atoms with van der Waals surface area (Å²) >= 11 is 1.20. The van der Waals surface area contributed by atoms with E-state index in [0.717, 1.165) is 56.6 Å². The molecule has 0 bridgehead atoms. The highest BCUT2D eigenvalue weighted by Gasteiger charge is 2.32. The van der Waals surface area contributed by atoms with Crippen molar-refractivity contribution in [1.82, 2.24) is 9.62 Å². The number of amides is 1. The number of hydrogen-bond donors (Lipinski definition) is 1. The molecule has 1 amide bonds. The lowest BCUT2D eigenvalue weighted by Crippen LogP contribution is -2.45. The van der Waals surface area contributed by atoms with Crippen molar-refractivity contribution in [2.45, 2.75) is 43.0 Å². The van der Waals surface area contributed by atoms with E-state index in [1.807, 2.05) is 24.3 Å². The van der Waals surface area contributed by atoms with Gasteiger partial charge in [0.15, 0.2) is 0 Å². The Morgan fingerprint density at radius 3 is 2.35 bits per heavy atom. The van der Waals surface area contributed by atoms with Gasteiger partial charge in [0.1, 0.15) is 15.5 Å². The molecule has 2 fully saturated rings. The van der Waals surface area contributed by atoms with Gasteiger partial charge in [-0.3, -0.25) is 4.79 Å². The third-order valence-corrected chi connectivity index (χ3v) is 9.02. The first kappa shape index (κ1) is 22.1.